The summed E-state index contributed by atoms with van der Waals surface area (Å²) in [6, 6.07) is 1.27. The molecule has 0 aromatic carbocycles. The fraction of sp³-hybridized carbons (Fsp3) is 0.647. The van der Waals surface area contributed by atoms with Crippen molar-refractivity contribution in [2.24, 2.45) is 0 Å². The normalized spacial score (nSPS) is 25.8. The Kier molecular flexibility index (Phi) is 3.53. The largest absolute Gasteiger partial charge is 0.367 e. The van der Waals surface area contributed by atoms with E-state index in [-0.39, 0.29) is 0 Å². The molecule has 22 heavy (non-hydrogen) atoms. The van der Waals surface area contributed by atoms with Gasteiger partial charge in [-0.3, -0.25) is 0 Å². The predicted octanol–water partition coefficient (Wildman–Crippen LogP) is 3.12. The zero-order valence-corrected chi connectivity index (χ0v) is 13.5. The van der Waals surface area contributed by atoms with Crippen LogP contribution in [0.1, 0.15) is 50.0 Å². The maximum Gasteiger partial charge on any atom is 0.143 e. The molecule has 0 aliphatic heterocycles. The molecule has 118 valence electrons. The van der Waals surface area contributed by atoms with Gasteiger partial charge in [0.1, 0.15) is 17.8 Å². The first-order valence-corrected chi connectivity index (χ1v) is 8.47. The van der Waals surface area contributed by atoms with E-state index < -0.39 is 0 Å². The van der Waals surface area contributed by atoms with E-state index in [4.69, 9.17) is 0 Å². The van der Waals surface area contributed by atoms with Crippen molar-refractivity contribution in [3.63, 3.8) is 0 Å². The monoisotopic (exact) mass is 299 g/mol. The highest BCUT2D eigenvalue weighted by Gasteiger charge is 2.29. The number of anilines is 1. The molecule has 0 spiro atoms. The minimum Gasteiger partial charge on any atom is -0.367 e. The van der Waals surface area contributed by atoms with Gasteiger partial charge in [-0.05, 0) is 64.1 Å². The molecule has 2 saturated carbocycles. The van der Waals surface area contributed by atoms with Gasteiger partial charge in [-0.25, -0.2) is 9.97 Å². The molecule has 0 unspecified atom stereocenters. The summed E-state index contributed by atoms with van der Waals surface area (Å²) in [5, 5.41) is 4.92. The highest BCUT2D eigenvalue weighted by atomic mass is 15.1. The summed E-state index contributed by atoms with van der Waals surface area (Å²) in [4.78, 5) is 14.6. The van der Waals surface area contributed by atoms with Crippen LogP contribution in [-0.4, -0.2) is 46.0 Å². The van der Waals surface area contributed by atoms with Crippen LogP contribution in [-0.2, 0) is 0 Å². The molecular formula is C17H25N5. The molecule has 2 aromatic rings. The van der Waals surface area contributed by atoms with Crippen LogP contribution < -0.4 is 5.32 Å². The molecule has 2 fully saturated rings. The van der Waals surface area contributed by atoms with Crippen molar-refractivity contribution < 1.29 is 0 Å². The Morgan fingerprint density at radius 3 is 2.55 bits per heavy atom. The Morgan fingerprint density at radius 1 is 1.09 bits per heavy atom. The maximum atomic E-state index is 4.55. The molecule has 2 aliphatic rings. The third kappa shape index (κ3) is 2.58. The van der Waals surface area contributed by atoms with Gasteiger partial charge in [-0.15, -0.1) is 0 Å². The number of aromatic amines is 1. The average Bonchev–Trinajstić information content (AvgIpc) is 3.27. The van der Waals surface area contributed by atoms with Crippen molar-refractivity contribution in [3.8, 4) is 0 Å². The number of nitrogens with zero attached hydrogens (tertiary/aromatic N) is 3. The lowest BCUT2D eigenvalue weighted by atomic mass is 9.90. The van der Waals surface area contributed by atoms with Gasteiger partial charge in [0.05, 0.1) is 5.39 Å². The Bertz CT molecular complexity index is 650. The summed E-state index contributed by atoms with van der Waals surface area (Å²) in [5.74, 6) is 1.74. The van der Waals surface area contributed by atoms with Gasteiger partial charge in [0.25, 0.3) is 0 Å². The van der Waals surface area contributed by atoms with Crippen LogP contribution in [0.4, 0.5) is 5.82 Å². The first-order valence-electron chi connectivity index (χ1n) is 8.47. The second-order valence-electron chi connectivity index (χ2n) is 7.08. The van der Waals surface area contributed by atoms with E-state index in [0.717, 1.165) is 17.5 Å². The molecule has 5 nitrogen and oxygen atoms in total. The van der Waals surface area contributed by atoms with Gasteiger partial charge in [0.15, 0.2) is 0 Å². The first-order chi connectivity index (χ1) is 10.7. The van der Waals surface area contributed by atoms with Crippen molar-refractivity contribution in [2.75, 3.05) is 19.4 Å². The molecular weight excluding hydrogens is 274 g/mol. The van der Waals surface area contributed by atoms with E-state index in [9.17, 15) is 0 Å². The van der Waals surface area contributed by atoms with Crippen LogP contribution in [0.25, 0.3) is 11.0 Å². The van der Waals surface area contributed by atoms with Gasteiger partial charge < -0.3 is 15.2 Å². The van der Waals surface area contributed by atoms with Crippen molar-refractivity contribution >= 4 is 16.9 Å². The SMILES string of the molecule is CN(C)C1CCC(Nc2ncnc3[nH]cc(C4CC4)c23)CC1. The molecule has 2 heterocycles. The molecule has 0 bridgehead atoms. The number of aromatic nitrogens is 3. The molecule has 2 aromatic heterocycles. The fourth-order valence-electron chi connectivity index (χ4n) is 3.74. The molecule has 5 heteroatoms. The number of rotatable bonds is 4. The number of nitrogens with one attached hydrogen (secondary N) is 2. The smallest absolute Gasteiger partial charge is 0.143 e. The van der Waals surface area contributed by atoms with E-state index in [1.54, 1.807) is 6.33 Å². The quantitative estimate of drug-likeness (QED) is 0.910. The van der Waals surface area contributed by atoms with E-state index in [1.807, 2.05) is 0 Å². The third-order valence-electron chi connectivity index (χ3n) is 5.29. The molecule has 0 amide bonds. The second-order valence-corrected chi connectivity index (χ2v) is 7.08. The number of fused-ring (bicyclic) bond motifs is 1. The fourth-order valence-corrected chi connectivity index (χ4v) is 3.74. The average molecular weight is 299 g/mol. The summed E-state index contributed by atoms with van der Waals surface area (Å²) < 4.78 is 0. The van der Waals surface area contributed by atoms with Crippen molar-refractivity contribution in [1.82, 2.24) is 19.9 Å². The van der Waals surface area contributed by atoms with Crippen LogP contribution in [0.15, 0.2) is 12.5 Å². The van der Waals surface area contributed by atoms with Crippen LogP contribution in [0.3, 0.4) is 0 Å². The third-order valence-corrected chi connectivity index (χ3v) is 5.29. The van der Waals surface area contributed by atoms with Crippen LogP contribution >= 0.6 is 0 Å². The zero-order valence-electron chi connectivity index (χ0n) is 13.5. The van der Waals surface area contributed by atoms with Gasteiger partial charge in [0.2, 0.25) is 0 Å². The molecule has 0 saturated heterocycles. The lowest BCUT2D eigenvalue weighted by Crippen LogP contribution is -2.36. The van der Waals surface area contributed by atoms with Crippen molar-refractivity contribution in [3.05, 3.63) is 18.1 Å². The molecule has 2 N–H and O–H groups in total. The Hall–Kier alpha value is -1.62. The minimum atomic E-state index is 0.538. The standard InChI is InChI=1S/C17H25N5/c1-22(2)13-7-5-12(6-8-13)21-17-15-14(11-3-4-11)9-18-16(15)19-10-20-17/h9-13H,3-8H2,1-2H3,(H2,18,19,20,21). The predicted molar refractivity (Wildman–Crippen MR) is 89.2 cm³/mol. The molecule has 0 radical (unpaired) electrons. The van der Waals surface area contributed by atoms with Crippen LogP contribution in [0.2, 0.25) is 0 Å². The van der Waals surface area contributed by atoms with Crippen LogP contribution in [0.5, 0.6) is 0 Å². The summed E-state index contributed by atoms with van der Waals surface area (Å²) in [6.45, 7) is 0. The molecule has 4 rings (SSSR count). The van der Waals surface area contributed by atoms with Crippen LogP contribution in [0, 0.1) is 0 Å². The Labute approximate surface area is 131 Å². The van der Waals surface area contributed by atoms with Crippen molar-refractivity contribution in [1.29, 1.82) is 0 Å². The maximum absolute atomic E-state index is 4.55. The van der Waals surface area contributed by atoms with E-state index >= 15 is 0 Å². The zero-order chi connectivity index (χ0) is 15.1. The van der Waals surface area contributed by atoms with Gasteiger partial charge in [-0.2, -0.15) is 0 Å². The highest BCUT2D eigenvalue weighted by molar-refractivity contribution is 5.91. The van der Waals surface area contributed by atoms with Gasteiger partial charge >= 0.3 is 0 Å². The van der Waals surface area contributed by atoms with Gasteiger partial charge in [-0.1, -0.05) is 0 Å². The highest BCUT2D eigenvalue weighted by Crippen LogP contribution is 2.44. The molecule has 0 atom stereocenters. The summed E-state index contributed by atoms with van der Waals surface area (Å²) >= 11 is 0. The molecule has 2 aliphatic carbocycles. The van der Waals surface area contributed by atoms with E-state index in [2.05, 4.69) is 45.5 Å². The lowest BCUT2D eigenvalue weighted by Gasteiger charge is -2.33. The Morgan fingerprint density at radius 2 is 1.86 bits per heavy atom. The number of hydrogen-bond acceptors (Lipinski definition) is 4. The van der Waals surface area contributed by atoms with E-state index in [0.29, 0.717) is 12.0 Å². The minimum absolute atomic E-state index is 0.538. The van der Waals surface area contributed by atoms with Gasteiger partial charge in [0, 0.05) is 18.3 Å². The van der Waals surface area contributed by atoms with Crippen molar-refractivity contribution in [2.45, 2.75) is 56.5 Å². The second kappa shape index (κ2) is 5.54. The topological polar surface area (TPSA) is 56.8 Å². The van der Waals surface area contributed by atoms with E-state index in [1.165, 1.54) is 49.5 Å². The number of H-pyrrole nitrogens is 1. The number of hydrogen-bond donors (Lipinski definition) is 2. The summed E-state index contributed by atoms with van der Waals surface area (Å²) in [5.41, 5.74) is 2.38. The Balaban J connectivity index is 1.53. The first kappa shape index (κ1) is 14.0. The lowest BCUT2D eigenvalue weighted by molar-refractivity contribution is 0.221. The summed E-state index contributed by atoms with van der Waals surface area (Å²) in [6.07, 6.45) is 11.4. The summed E-state index contributed by atoms with van der Waals surface area (Å²) in [7, 11) is 4.38.